The van der Waals surface area contributed by atoms with Crippen LogP contribution >= 0.6 is 11.3 Å². The Balaban J connectivity index is 1.76. The van der Waals surface area contributed by atoms with Gasteiger partial charge in [0.1, 0.15) is 11.5 Å². The zero-order valence-electron chi connectivity index (χ0n) is 17.0. The molecule has 1 aliphatic heterocycles. The highest BCUT2D eigenvalue weighted by atomic mass is 32.1. The largest absolute Gasteiger partial charge is 0.507 e. The highest BCUT2D eigenvalue weighted by molar-refractivity contribution is 7.09. The number of aromatic nitrogens is 1. The molecule has 2 aromatic heterocycles. The van der Waals surface area contributed by atoms with Crippen molar-refractivity contribution in [2.45, 2.75) is 25.9 Å². The minimum absolute atomic E-state index is 0.0787. The second-order valence-corrected chi connectivity index (χ2v) is 8.19. The Morgan fingerprint density at radius 1 is 1.13 bits per heavy atom. The Morgan fingerprint density at radius 3 is 2.52 bits per heavy atom. The summed E-state index contributed by atoms with van der Waals surface area (Å²) in [5.41, 5.74) is 1.25. The van der Waals surface area contributed by atoms with Crippen LogP contribution in [0, 0.1) is 0 Å². The number of likely N-dealkylation sites (tertiary alicyclic amines) is 1. The maximum absolute atomic E-state index is 13.0. The van der Waals surface area contributed by atoms with Gasteiger partial charge in [0.25, 0.3) is 11.7 Å². The van der Waals surface area contributed by atoms with Crippen LogP contribution in [-0.2, 0) is 16.1 Å². The molecule has 3 aromatic rings. The maximum atomic E-state index is 13.0. The van der Waals surface area contributed by atoms with Gasteiger partial charge in [-0.3, -0.25) is 14.6 Å². The van der Waals surface area contributed by atoms with Crippen molar-refractivity contribution in [3.8, 4) is 5.75 Å². The molecule has 1 unspecified atom stereocenters. The lowest BCUT2D eigenvalue weighted by molar-refractivity contribution is -0.140. The molecule has 1 fully saturated rings. The topological polar surface area (TPSA) is 79.7 Å². The van der Waals surface area contributed by atoms with Crippen LogP contribution < -0.4 is 4.74 Å². The van der Waals surface area contributed by atoms with Crippen molar-refractivity contribution in [3.05, 3.63) is 87.9 Å². The molecule has 0 radical (unpaired) electrons. The standard InChI is InChI=1S/C24H22N2O4S/c1-2-13-30-18-7-5-17(6-8-18)22(27)20-21(16-9-11-25-12-10-16)26(24(29)23(20)28)15-19-4-3-14-31-19/h3-12,14,21,27H,2,13,15H2,1H3/b22-20-. The number of thiophene rings is 1. The SMILES string of the molecule is CCCOc1ccc(/C(O)=C2/C(=O)C(=O)N(Cc3cccs3)C2c2ccncc2)cc1. The zero-order chi connectivity index (χ0) is 21.8. The number of hydrogen-bond acceptors (Lipinski definition) is 6. The van der Waals surface area contributed by atoms with Gasteiger partial charge in [0.2, 0.25) is 0 Å². The third-order valence-corrected chi connectivity index (χ3v) is 5.93. The van der Waals surface area contributed by atoms with E-state index >= 15 is 0 Å². The van der Waals surface area contributed by atoms with Crippen molar-refractivity contribution in [2.24, 2.45) is 0 Å². The second kappa shape index (κ2) is 9.14. The van der Waals surface area contributed by atoms with E-state index in [1.54, 1.807) is 48.8 Å². The number of rotatable bonds is 7. The first-order valence-electron chi connectivity index (χ1n) is 10.0. The number of benzene rings is 1. The number of amides is 1. The van der Waals surface area contributed by atoms with Gasteiger partial charge in [0, 0.05) is 22.8 Å². The number of Topliss-reactive ketones (excluding diaryl/α,β-unsaturated/α-hetero) is 1. The minimum atomic E-state index is -0.693. The number of ketones is 1. The first-order chi connectivity index (χ1) is 15.1. The van der Waals surface area contributed by atoms with E-state index in [0.717, 1.165) is 16.9 Å². The van der Waals surface area contributed by atoms with E-state index in [4.69, 9.17) is 4.74 Å². The Bertz CT molecular complexity index is 1090. The number of aliphatic hydroxyl groups excluding tert-OH is 1. The smallest absolute Gasteiger partial charge is 0.295 e. The van der Waals surface area contributed by atoms with Crippen LogP contribution in [0.2, 0.25) is 0 Å². The Morgan fingerprint density at radius 2 is 1.87 bits per heavy atom. The average Bonchev–Trinajstić information content (AvgIpc) is 3.40. The summed E-state index contributed by atoms with van der Waals surface area (Å²) in [4.78, 5) is 32.4. The maximum Gasteiger partial charge on any atom is 0.295 e. The first kappa shape index (κ1) is 20.8. The number of carbonyl (C=O) groups excluding carboxylic acids is 2. The number of aliphatic hydroxyl groups is 1. The minimum Gasteiger partial charge on any atom is -0.507 e. The van der Waals surface area contributed by atoms with Crippen LogP contribution in [0.25, 0.3) is 5.76 Å². The lowest BCUT2D eigenvalue weighted by Gasteiger charge is -2.24. The monoisotopic (exact) mass is 434 g/mol. The fraction of sp³-hybridized carbons (Fsp3) is 0.208. The summed E-state index contributed by atoms with van der Waals surface area (Å²) >= 11 is 1.51. The van der Waals surface area contributed by atoms with Gasteiger partial charge in [-0.05, 0) is 59.8 Å². The molecule has 31 heavy (non-hydrogen) atoms. The first-order valence-corrected chi connectivity index (χ1v) is 10.9. The molecule has 1 aliphatic rings. The van der Waals surface area contributed by atoms with E-state index < -0.39 is 17.7 Å². The van der Waals surface area contributed by atoms with Crippen molar-refractivity contribution >= 4 is 28.8 Å². The van der Waals surface area contributed by atoms with Gasteiger partial charge in [-0.25, -0.2) is 0 Å². The molecule has 1 atom stereocenters. The molecule has 1 N–H and O–H groups in total. The molecule has 0 bridgehead atoms. The van der Waals surface area contributed by atoms with Gasteiger partial charge in [0.15, 0.2) is 0 Å². The molecular weight excluding hydrogens is 412 g/mol. The van der Waals surface area contributed by atoms with Crippen LogP contribution in [0.3, 0.4) is 0 Å². The molecule has 0 saturated carbocycles. The predicted octanol–water partition coefficient (Wildman–Crippen LogP) is 4.55. The highest BCUT2D eigenvalue weighted by Crippen LogP contribution is 2.40. The molecular formula is C24H22N2O4S. The van der Waals surface area contributed by atoms with Gasteiger partial charge >= 0.3 is 0 Å². The molecule has 4 rings (SSSR count). The summed E-state index contributed by atoms with van der Waals surface area (Å²) in [5.74, 6) is -0.833. The number of nitrogens with zero attached hydrogens (tertiary/aromatic N) is 2. The molecule has 1 saturated heterocycles. The Kier molecular flexibility index (Phi) is 6.13. The fourth-order valence-corrected chi connectivity index (χ4v) is 4.29. The molecule has 6 nitrogen and oxygen atoms in total. The van der Waals surface area contributed by atoms with Crippen LogP contribution in [-0.4, -0.2) is 33.3 Å². The fourth-order valence-electron chi connectivity index (χ4n) is 3.59. The number of ether oxygens (including phenoxy) is 1. The van der Waals surface area contributed by atoms with Gasteiger partial charge in [-0.1, -0.05) is 13.0 Å². The molecule has 158 valence electrons. The Hall–Kier alpha value is -3.45. The molecule has 1 aromatic carbocycles. The van der Waals surface area contributed by atoms with Gasteiger partial charge < -0.3 is 14.7 Å². The Labute approximate surface area is 184 Å². The van der Waals surface area contributed by atoms with Crippen LogP contribution in [0.15, 0.2) is 71.9 Å². The average molecular weight is 435 g/mol. The number of pyridine rings is 1. The summed E-state index contributed by atoms with van der Waals surface area (Å²) in [5, 5.41) is 13.0. The quantitative estimate of drug-likeness (QED) is 0.335. The second-order valence-electron chi connectivity index (χ2n) is 7.16. The summed E-state index contributed by atoms with van der Waals surface area (Å²) in [6.45, 7) is 2.91. The van der Waals surface area contributed by atoms with Crippen molar-refractivity contribution < 1.29 is 19.4 Å². The number of carbonyl (C=O) groups is 2. The van der Waals surface area contributed by atoms with Gasteiger partial charge in [0.05, 0.1) is 24.8 Å². The molecule has 1 amide bonds. The lowest BCUT2D eigenvalue weighted by Crippen LogP contribution is -2.28. The summed E-state index contributed by atoms with van der Waals surface area (Å²) in [7, 11) is 0. The van der Waals surface area contributed by atoms with E-state index in [2.05, 4.69) is 4.98 Å². The summed E-state index contributed by atoms with van der Waals surface area (Å²) in [6, 6.07) is 13.5. The molecule has 0 spiro atoms. The molecule has 7 heteroatoms. The third-order valence-electron chi connectivity index (χ3n) is 5.07. The summed E-state index contributed by atoms with van der Waals surface area (Å²) < 4.78 is 5.59. The van der Waals surface area contributed by atoms with Crippen molar-refractivity contribution in [2.75, 3.05) is 6.61 Å². The van der Waals surface area contributed by atoms with Crippen LogP contribution in [0.4, 0.5) is 0 Å². The van der Waals surface area contributed by atoms with Crippen molar-refractivity contribution in [1.82, 2.24) is 9.88 Å². The lowest BCUT2D eigenvalue weighted by atomic mass is 9.96. The van der Waals surface area contributed by atoms with E-state index in [-0.39, 0.29) is 17.9 Å². The van der Waals surface area contributed by atoms with Crippen LogP contribution in [0.5, 0.6) is 5.75 Å². The third kappa shape index (κ3) is 4.22. The predicted molar refractivity (Wildman–Crippen MR) is 119 cm³/mol. The van der Waals surface area contributed by atoms with Gasteiger partial charge in [-0.15, -0.1) is 11.3 Å². The highest BCUT2D eigenvalue weighted by Gasteiger charge is 2.46. The van der Waals surface area contributed by atoms with E-state index in [1.165, 1.54) is 16.2 Å². The van der Waals surface area contributed by atoms with Crippen molar-refractivity contribution in [1.29, 1.82) is 0 Å². The molecule has 3 heterocycles. The zero-order valence-corrected chi connectivity index (χ0v) is 17.8. The van der Waals surface area contributed by atoms with E-state index in [9.17, 15) is 14.7 Å². The normalized spacial score (nSPS) is 17.8. The van der Waals surface area contributed by atoms with Crippen molar-refractivity contribution in [3.63, 3.8) is 0 Å². The van der Waals surface area contributed by atoms with E-state index in [0.29, 0.717) is 17.9 Å². The molecule has 0 aliphatic carbocycles. The number of hydrogen-bond donors (Lipinski definition) is 1. The van der Waals surface area contributed by atoms with Crippen LogP contribution in [0.1, 0.15) is 35.4 Å². The van der Waals surface area contributed by atoms with Gasteiger partial charge in [-0.2, -0.15) is 0 Å². The summed E-state index contributed by atoms with van der Waals surface area (Å²) in [6.07, 6.45) is 4.11. The van der Waals surface area contributed by atoms with E-state index in [1.807, 2.05) is 24.4 Å².